The lowest BCUT2D eigenvalue weighted by Gasteiger charge is -2.33. The molecule has 2 aliphatic heterocycles. The predicted octanol–water partition coefficient (Wildman–Crippen LogP) is 3.39. The molecule has 2 aromatic rings. The van der Waals surface area contributed by atoms with E-state index in [2.05, 4.69) is 45.9 Å². The lowest BCUT2D eigenvalue weighted by molar-refractivity contribution is -0.124. The zero-order valence-electron chi connectivity index (χ0n) is 19.1. The summed E-state index contributed by atoms with van der Waals surface area (Å²) in [5.74, 6) is 0.972. The molecule has 2 atom stereocenters. The van der Waals surface area contributed by atoms with Gasteiger partial charge in [0.25, 0.3) is 0 Å². The summed E-state index contributed by atoms with van der Waals surface area (Å²) in [6.07, 6.45) is 1.70. The predicted molar refractivity (Wildman–Crippen MR) is 127 cm³/mol. The molecule has 0 aliphatic carbocycles. The number of methoxy groups -OCH3 is 2. The van der Waals surface area contributed by atoms with E-state index < -0.39 is 0 Å². The number of nitrogens with one attached hydrogen (secondary N) is 2. The number of amides is 1. The van der Waals surface area contributed by atoms with Gasteiger partial charge in [0, 0.05) is 51.5 Å². The molecule has 2 aliphatic rings. The van der Waals surface area contributed by atoms with E-state index in [-0.39, 0.29) is 17.9 Å². The molecule has 0 aromatic heterocycles. The molecule has 7 heteroatoms. The van der Waals surface area contributed by atoms with Gasteiger partial charge in [-0.15, -0.1) is 0 Å². The first kappa shape index (κ1) is 22.3. The Balaban J connectivity index is 1.60. The zero-order chi connectivity index (χ0) is 22.5. The molecule has 32 heavy (non-hydrogen) atoms. The third-order valence-corrected chi connectivity index (χ3v) is 6.37. The van der Waals surface area contributed by atoms with E-state index >= 15 is 0 Å². The normalized spacial score (nSPS) is 20.4. The van der Waals surface area contributed by atoms with Gasteiger partial charge < -0.3 is 20.1 Å². The largest absolute Gasteiger partial charge is 0.497 e. The molecule has 0 radical (unpaired) electrons. The van der Waals surface area contributed by atoms with Crippen LogP contribution in [0.5, 0.6) is 5.75 Å². The van der Waals surface area contributed by atoms with Gasteiger partial charge in [-0.25, -0.2) is 0 Å². The van der Waals surface area contributed by atoms with Gasteiger partial charge in [-0.05, 0) is 42.3 Å². The van der Waals surface area contributed by atoms with Crippen LogP contribution >= 0.6 is 0 Å². The van der Waals surface area contributed by atoms with Crippen LogP contribution in [0.4, 0.5) is 11.4 Å². The van der Waals surface area contributed by atoms with Gasteiger partial charge in [0.15, 0.2) is 0 Å². The number of aliphatic imine (C=N–C) groups is 1. The number of carbonyl (C=O) groups excluding carboxylic acids is 1. The summed E-state index contributed by atoms with van der Waals surface area (Å²) in [7, 11) is 5.09. The van der Waals surface area contributed by atoms with Crippen LogP contribution in [0.15, 0.2) is 47.5 Å². The van der Waals surface area contributed by atoms with Gasteiger partial charge in [-0.2, -0.15) is 0 Å². The minimum Gasteiger partial charge on any atom is -0.497 e. The van der Waals surface area contributed by atoms with Crippen LogP contribution in [-0.2, 0) is 9.53 Å². The summed E-state index contributed by atoms with van der Waals surface area (Å²) in [5.41, 5.74) is 5.38. The standard InChI is InChI=1S/C25H32N4O3/c1-26-25(30)18-10-12-29(16-18)24-15-22(28-23-14-20(32-3)8-9-21(23)24)17-4-6-19(7-5-17)27-11-13-31-2/h4-9,14,18,24,27H,10-13,15-16H2,1-3H3,(H,26,30)/t18-,24?/m0/s1. The molecule has 7 nitrogen and oxygen atoms in total. The number of anilines is 1. The third kappa shape index (κ3) is 4.79. The SMILES string of the molecule is CNC(=O)[C@H]1CCN(C2CC(c3ccc(NCCOC)cc3)=Nc3cc(OC)ccc32)C1. The molecule has 1 saturated heterocycles. The van der Waals surface area contributed by atoms with Crippen molar-refractivity contribution in [1.29, 1.82) is 0 Å². The Labute approximate surface area is 189 Å². The van der Waals surface area contributed by atoms with Crippen molar-refractivity contribution in [2.45, 2.75) is 18.9 Å². The highest BCUT2D eigenvalue weighted by Gasteiger charge is 2.35. The molecule has 2 aromatic carbocycles. The number of likely N-dealkylation sites (tertiary alicyclic amines) is 1. The van der Waals surface area contributed by atoms with Gasteiger partial charge in [-0.1, -0.05) is 18.2 Å². The van der Waals surface area contributed by atoms with E-state index in [1.807, 2.05) is 12.1 Å². The lowest BCUT2D eigenvalue weighted by atomic mass is 9.91. The second kappa shape index (κ2) is 10.1. The second-order valence-electron chi connectivity index (χ2n) is 8.29. The average molecular weight is 437 g/mol. The number of rotatable bonds is 8. The number of carbonyl (C=O) groups is 1. The van der Waals surface area contributed by atoms with Crippen molar-refractivity contribution in [2.24, 2.45) is 10.9 Å². The van der Waals surface area contributed by atoms with Crippen LogP contribution in [-0.4, -0.2) is 64.0 Å². The number of nitrogens with zero attached hydrogens (tertiary/aromatic N) is 2. The quantitative estimate of drug-likeness (QED) is 0.621. The van der Waals surface area contributed by atoms with E-state index in [1.165, 1.54) is 5.56 Å². The molecule has 1 fully saturated rings. The second-order valence-corrected chi connectivity index (χ2v) is 8.29. The summed E-state index contributed by atoms with van der Waals surface area (Å²) < 4.78 is 10.6. The molecule has 4 rings (SSSR count). The average Bonchev–Trinajstić information content (AvgIpc) is 3.33. The molecule has 0 bridgehead atoms. The first-order chi connectivity index (χ1) is 15.6. The molecular weight excluding hydrogens is 404 g/mol. The highest BCUT2D eigenvalue weighted by atomic mass is 16.5. The molecule has 2 heterocycles. The monoisotopic (exact) mass is 436 g/mol. The Hall–Kier alpha value is -2.90. The fraction of sp³-hybridized carbons (Fsp3) is 0.440. The molecule has 0 saturated carbocycles. The van der Waals surface area contributed by atoms with Crippen molar-refractivity contribution in [3.8, 4) is 5.75 Å². The number of benzene rings is 2. The fourth-order valence-corrected chi connectivity index (χ4v) is 4.59. The maximum Gasteiger partial charge on any atom is 0.224 e. The number of hydrogen-bond acceptors (Lipinski definition) is 6. The van der Waals surface area contributed by atoms with Gasteiger partial charge in [0.05, 0.1) is 31.0 Å². The van der Waals surface area contributed by atoms with Gasteiger partial charge in [-0.3, -0.25) is 14.7 Å². The molecule has 0 spiro atoms. The summed E-state index contributed by atoms with van der Waals surface area (Å²) in [5, 5.41) is 6.16. The minimum atomic E-state index is 0.0430. The van der Waals surface area contributed by atoms with Crippen molar-refractivity contribution in [3.05, 3.63) is 53.6 Å². The van der Waals surface area contributed by atoms with Crippen molar-refractivity contribution in [3.63, 3.8) is 0 Å². The summed E-state index contributed by atoms with van der Waals surface area (Å²) in [4.78, 5) is 19.6. The van der Waals surface area contributed by atoms with Gasteiger partial charge in [0.1, 0.15) is 5.75 Å². The number of ether oxygens (including phenoxy) is 2. The Kier molecular flexibility index (Phi) is 7.07. The first-order valence-electron chi connectivity index (χ1n) is 11.2. The molecule has 170 valence electrons. The van der Waals surface area contributed by atoms with Gasteiger partial charge in [0.2, 0.25) is 5.91 Å². The Bertz CT molecular complexity index is 974. The first-order valence-corrected chi connectivity index (χ1v) is 11.2. The van der Waals surface area contributed by atoms with Crippen LogP contribution in [0.2, 0.25) is 0 Å². The van der Waals surface area contributed by atoms with Crippen LogP contribution in [0, 0.1) is 5.92 Å². The maximum atomic E-state index is 12.2. The zero-order valence-corrected chi connectivity index (χ0v) is 19.1. The van der Waals surface area contributed by atoms with Crippen LogP contribution in [0.1, 0.15) is 30.0 Å². The molecule has 1 amide bonds. The summed E-state index contributed by atoms with van der Waals surface area (Å²) in [6, 6.07) is 14.7. The fourth-order valence-electron chi connectivity index (χ4n) is 4.59. The van der Waals surface area contributed by atoms with E-state index in [9.17, 15) is 4.79 Å². The van der Waals surface area contributed by atoms with E-state index in [0.717, 1.165) is 60.9 Å². The Morgan fingerprint density at radius 1 is 1.19 bits per heavy atom. The van der Waals surface area contributed by atoms with Crippen molar-refractivity contribution < 1.29 is 14.3 Å². The topological polar surface area (TPSA) is 75.2 Å². The molecular formula is C25H32N4O3. The van der Waals surface area contributed by atoms with E-state index in [4.69, 9.17) is 14.5 Å². The third-order valence-electron chi connectivity index (χ3n) is 6.37. The number of fused-ring (bicyclic) bond motifs is 1. The Morgan fingerprint density at radius 3 is 2.72 bits per heavy atom. The highest BCUT2D eigenvalue weighted by Crippen LogP contribution is 2.41. The lowest BCUT2D eigenvalue weighted by Crippen LogP contribution is -2.33. The van der Waals surface area contributed by atoms with E-state index in [0.29, 0.717) is 6.61 Å². The molecule has 2 N–H and O–H groups in total. The van der Waals surface area contributed by atoms with Crippen LogP contribution < -0.4 is 15.4 Å². The van der Waals surface area contributed by atoms with Crippen molar-refractivity contribution >= 4 is 23.0 Å². The number of hydrogen-bond donors (Lipinski definition) is 2. The highest BCUT2D eigenvalue weighted by molar-refractivity contribution is 6.04. The van der Waals surface area contributed by atoms with E-state index in [1.54, 1.807) is 21.3 Å². The maximum absolute atomic E-state index is 12.2. The van der Waals surface area contributed by atoms with Crippen molar-refractivity contribution in [1.82, 2.24) is 10.2 Å². The minimum absolute atomic E-state index is 0.0430. The van der Waals surface area contributed by atoms with Crippen molar-refractivity contribution in [2.75, 3.05) is 52.8 Å². The molecule has 1 unspecified atom stereocenters. The summed E-state index contributed by atoms with van der Waals surface area (Å²) >= 11 is 0. The Morgan fingerprint density at radius 2 is 2.00 bits per heavy atom. The van der Waals surface area contributed by atoms with Gasteiger partial charge >= 0.3 is 0 Å². The van der Waals surface area contributed by atoms with Crippen LogP contribution in [0.25, 0.3) is 0 Å². The smallest absolute Gasteiger partial charge is 0.224 e. The summed E-state index contributed by atoms with van der Waals surface area (Å²) in [6.45, 7) is 3.12. The van der Waals surface area contributed by atoms with Crippen LogP contribution in [0.3, 0.4) is 0 Å².